The van der Waals surface area contributed by atoms with Crippen LogP contribution >= 0.6 is 11.6 Å². The molecule has 20 heavy (non-hydrogen) atoms. The molecular weight excluding hydrogens is 266 g/mol. The van der Waals surface area contributed by atoms with E-state index in [-0.39, 0.29) is 6.04 Å². The maximum atomic E-state index is 6.34. The molecule has 1 atom stereocenters. The van der Waals surface area contributed by atoms with E-state index in [1.54, 1.807) is 0 Å². The Bertz CT molecular complexity index is 572. The summed E-state index contributed by atoms with van der Waals surface area (Å²) in [5.41, 5.74) is 11.0. The zero-order valence-corrected chi connectivity index (χ0v) is 13.1. The molecule has 0 aliphatic carbocycles. The molecule has 0 radical (unpaired) electrons. The lowest BCUT2D eigenvalue weighted by atomic mass is 9.96. The summed E-state index contributed by atoms with van der Waals surface area (Å²) >= 11 is 6.34. The Kier molecular flexibility index (Phi) is 4.85. The summed E-state index contributed by atoms with van der Waals surface area (Å²) in [7, 11) is 0. The van der Waals surface area contributed by atoms with Gasteiger partial charge in [-0.05, 0) is 41.5 Å². The van der Waals surface area contributed by atoms with Gasteiger partial charge in [0.2, 0.25) is 0 Å². The number of nitrogens with two attached hydrogens (primary N) is 1. The summed E-state index contributed by atoms with van der Waals surface area (Å²) in [6.45, 7) is 6.41. The second-order valence-electron chi connectivity index (χ2n) is 5.69. The van der Waals surface area contributed by atoms with E-state index in [2.05, 4.69) is 38.1 Å². The fourth-order valence-corrected chi connectivity index (χ4v) is 2.63. The van der Waals surface area contributed by atoms with E-state index in [9.17, 15) is 0 Å². The Morgan fingerprint density at radius 1 is 1.05 bits per heavy atom. The Balaban J connectivity index is 2.15. The Morgan fingerprint density at radius 3 is 2.30 bits per heavy atom. The molecule has 0 saturated heterocycles. The third kappa shape index (κ3) is 3.41. The maximum Gasteiger partial charge on any atom is 0.0483 e. The average Bonchev–Trinajstić information content (AvgIpc) is 2.42. The van der Waals surface area contributed by atoms with Crippen LogP contribution in [-0.2, 0) is 6.42 Å². The molecule has 0 bridgehead atoms. The molecule has 0 amide bonds. The van der Waals surface area contributed by atoms with Gasteiger partial charge in [0.25, 0.3) is 0 Å². The molecule has 106 valence electrons. The van der Waals surface area contributed by atoms with E-state index in [1.165, 1.54) is 11.1 Å². The van der Waals surface area contributed by atoms with Crippen molar-refractivity contribution in [1.82, 2.24) is 0 Å². The molecule has 0 heterocycles. The summed E-state index contributed by atoms with van der Waals surface area (Å²) in [5, 5.41) is 0.791. The van der Waals surface area contributed by atoms with E-state index >= 15 is 0 Å². The first kappa shape index (κ1) is 15.1. The first-order valence-corrected chi connectivity index (χ1v) is 7.46. The minimum absolute atomic E-state index is 0.0627. The molecule has 0 fully saturated rings. The molecule has 2 heteroatoms. The molecule has 0 saturated carbocycles. The predicted molar refractivity (Wildman–Crippen MR) is 87.4 cm³/mol. The molecule has 1 unspecified atom stereocenters. The Labute approximate surface area is 126 Å². The zero-order valence-electron chi connectivity index (χ0n) is 12.4. The molecule has 0 aliphatic rings. The van der Waals surface area contributed by atoms with Crippen LogP contribution in [0.15, 0.2) is 42.5 Å². The summed E-state index contributed by atoms with van der Waals surface area (Å²) in [6, 6.07) is 14.7. The fourth-order valence-electron chi connectivity index (χ4n) is 2.36. The molecule has 0 spiro atoms. The second-order valence-corrected chi connectivity index (χ2v) is 6.06. The highest BCUT2D eigenvalue weighted by atomic mass is 35.5. The first-order valence-electron chi connectivity index (χ1n) is 7.08. The molecule has 2 rings (SSSR count). The molecule has 1 nitrogen and oxygen atoms in total. The van der Waals surface area contributed by atoms with Crippen molar-refractivity contribution < 1.29 is 0 Å². The van der Waals surface area contributed by atoms with E-state index in [0.29, 0.717) is 5.92 Å². The van der Waals surface area contributed by atoms with Gasteiger partial charge in [0.1, 0.15) is 0 Å². The minimum atomic E-state index is -0.0627. The molecule has 2 N–H and O–H groups in total. The fraction of sp³-hybridized carbons (Fsp3) is 0.333. The smallest absolute Gasteiger partial charge is 0.0483 e. The number of hydrogen-bond donors (Lipinski definition) is 1. The van der Waals surface area contributed by atoms with Crippen LogP contribution in [0.5, 0.6) is 0 Å². The lowest BCUT2D eigenvalue weighted by Crippen LogP contribution is -2.14. The zero-order chi connectivity index (χ0) is 14.7. The van der Waals surface area contributed by atoms with Crippen LogP contribution in [0.3, 0.4) is 0 Å². The number of halogens is 1. The molecular formula is C18H22ClN. The third-order valence-corrected chi connectivity index (χ3v) is 4.24. The normalized spacial score (nSPS) is 12.7. The van der Waals surface area contributed by atoms with E-state index < -0.39 is 0 Å². The lowest BCUT2D eigenvalue weighted by molar-refractivity contribution is 0.720. The van der Waals surface area contributed by atoms with E-state index in [1.807, 2.05) is 25.1 Å². The predicted octanol–water partition coefficient (Wildman–Crippen LogP) is 5.01. The van der Waals surface area contributed by atoms with Crippen LogP contribution in [0.1, 0.15) is 48.1 Å². The van der Waals surface area contributed by atoms with E-state index in [4.69, 9.17) is 17.3 Å². The highest BCUT2D eigenvalue weighted by Gasteiger charge is 2.12. The quantitative estimate of drug-likeness (QED) is 0.840. The van der Waals surface area contributed by atoms with Crippen LogP contribution in [0, 0.1) is 6.92 Å². The largest absolute Gasteiger partial charge is 0.324 e. The van der Waals surface area contributed by atoms with Crippen LogP contribution in [0.4, 0.5) is 0 Å². The first-order chi connectivity index (χ1) is 9.49. The SMILES string of the molecule is Cc1cccc(C(N)Cc2ccc(C(C)C)cc2)c1Cl. The van der Waals surface area contributed by atoms with Gasteiger partial charge in [0.05, 0.1) is 0 Å². The topological polar surface area (TPSA) is 26.0 Å². The van der Waals surface area contributed by atoms with Gasteiger partial charge >= 0.3 is 0 Å². The Hall–Kier alpha value is -1.31. The molecule has 2 aromatic rings. The van der Waals surface area contributed by atoms with Gasteiger partial charge in [0.15, 0.2) is 0 Å². The molecule has 2 aromatic carbocycles. The van der Waals surface area contributed by atoms with Crippen molar-refractivity contribution >= 4 is 11.6 Å². The highest BCUT2D eigenvalue weighted by Crippen LogP contribution is 2.27. The average molecular weight is 288 g/mol. The van der Waals surface area contributed by atoms with Crippen molar-refractivity contribution in [1.29, 1.82) is 0 Å². The minimum Gasteiger partial charge on any atom is -0.324 e. The van der Waals surface area contributed by atoms with Gasteiger partial charge < -0.3 is 5.73 Å². The number of aryl methyl sites for hydroxylation is 1. The van der Waals surface area contributed by atoms with Gasteiger partial charge in [-0.15, -0.1) is 0 Å². The second kappa shape index (κ2) is 6.43. The molecule has 0 aromatic heterocycles. The van der Waals surface area contributed by atoms with Crippen molar-refractivity contribution in [2.75, 3.05) is 0 Å². The van der Waals surface area contributed by atoms with Gasteiger partial charge in [0, 0.05) is 11.1 Å². The van der Waals surface area contributed by atoms with E-state index in [0.717, 1.165) is 22.6 Å². The van der Waals surface area contributed by atoms with Crippen molar-refractivity contribution in [3.63, 3.8) is 0 Å². The van der Waals surface area contributed by atoms with Crippen molar-refractivity contribution in [2.24, 2.45) is 5.73 Å². The summed E-state index contributed by atoms with van der Waals surface area (Å²) in [5.74, 6) is 0.559. The number of benzene rings is 2. The van der Waals surface area contributed by atoms with Crippen LogP contribution in [0.25, 0.3) is 0 Å². The molecule has 0 aliphatic heterocycles. The summed E-state index contributed by atoms with van der Waals surface area (Å²) < 4.78 is 0. The lowest BCUT2D eigenvalue weighted by Gasteiger charge is -2.15. The Morgan fingerprint density at radius 2 is 1.70 bits per heavy atom. The standard InChI is InChI=1S/C18H22ClN/c1-12(2)15-9-7-14(8-10-15)11-17(20)16-6-4-5-13(3)18(16)19/h4-10,12,17H,11,20H2,1-3H3. The number of hydrogen-bond acceptors (Lipinski definition) is 1. The van der Waals surface area contributed by atoms with Crippen LogP contribution in [-0.4, -0.2) is 0 Å². The van der Waals surface area contributed by atoms with Crippen LogP contribution in [0.2, 0.25) is 5.02 Å². The van der Waals surface area contributed by atoms with Gasteiger partial charge in [-0.25, -0.2) is 0 Å². The summed E-state index contributed by atoms with van der Waals surface area (Å²) in [4.78, 5) is 0. The third-order valence-electron chi connectivity index (χ3n) is 3.72. The van der Waals surface area contributed by atoms with Gasteiger partial charge in [-0.2, -0.15) is 0 Å². The van der Waals surface area contributed by atoms with Gasteiger partial charge in [-0.1, -0.05) is 67.9 Å². The van der Waals surface area contributed by atoms with Crippen molar-refractivity contribution in [3.8, 4) is 0 Å². The summed E-state index contributed by atoms with van der Waals surface area (Å²) in [6.07, 6.45) is 0.807. The van der Waals surface area contributed by atoms with Crippen molar-refractivity contribution in [2.45, 2.75) is 39.2 Å². The number of rotatable bonds is 4. The van der Waals surface area contributed by atoms with Crippen molar-refractivity contribution in [3.05, 3.63) is 69.7 Å². The monoisotopic (exact) mass is 287 g/mol. The maximum absolute atomic E-state index is 6.34. The van der Waals surface area contributed by atoms with Crippen LogP contribution < -0.4 is 5.73 Å². The van der Waals surface area contributed by atoms with Gasteiger partial charge in [-0.3, -0.25) is 0 Å². The highest BCUT2D eigenvalue weighted by molar-refractivity contribution is 6.32.